The number of anilines is 1. The van der Waals surface area contributed by atoms with Crippen molar-refractivity contribution in [1.82, 2.24) is 0 Å². The summed E-state index contributed by atoms with van der Waals surface area (Å²) in [5.74, 6) is 3.37. The van der Waals surface area contributed by atoms with E-state index in [1.165, 1.54) is 0 Å². The summed E-state index contributed by atoms with van der Waals surface area (Å²) in [6.45, 7) is 8.27. The van der Waals surface area contributed by atoms with Crippen LogP contribution in [0.25, 0.3) is 24.3 Å². The van der Waals surface area contributed by atoms with Crippen molar-refractivity contribution >= 4 is 30.0 Å². The van der Waals surface area contributed by atoms with Crippen molar-refractivity contribution in [2.45, 2.75) is 52.7 Å². The molecule has 2 atom stereocenters. The Morgan fingerprint density at radius 2 is 0.975 bits per heavy atom. The van der Waals surface area contributed by atoms with Crippen molar-refractivity contribution in [1.29, 1.82) is 0 Å². The molecule has 0 spiro atoms. The van der Waals surface area contributed by atoms with Gasteiger partial charge in [0.1, 0.15) is 0 Å². The van der Waals surface area contributed by atoms with Gasteiger partial charge in [0, 0.05) is 7.05 Å². The van der Waals surface area contributed by atoms with Crippen LogP contribution in [0, 0.1) is 0 Å². The zero-order valence-corrected chi connectivity index (χ0v) is 25.0. The molecule has 0 aliphatic carbocycles. The molecule has 0 aromatic heterocycles. The molecule has 0 aliphatic heterocycles. The highest BCUT2D eigenvalue weighted by Gasteiger charge is 2.16. The molecule has 0 saturated heterocycles. The molecular weight excluding hydrogens is 502 g/mol. The molecule has 0 fully saturated rings. The van der Waals surface area contributed by atoms with Crippen LogP contribution in [0.4, 0.5) is 5.69 Å². The van der Waals surface area contributed by atoms with Crippen molar-refractivity contribution < 1.29 is 23.7 Å². The molecule has 214 valence electrons. The first kappa shape index (κ1) is 30.5. The average Bonchev–Trinajstić information content (AvgIpc) is 2.99. The molecule has 2 unspecified atom stereocenters. The van der Waals surface area contributed by atoms with E-state index in [1.807, 2.05) is 38.2 Å². The largest absolute Gasteiger partial charge is 0.493 e. The van der Waals surface area contributed by atoms with E-state index in [0.29, 0.717) is 23.0 Å². The normalized spacial score (nSPS) is 12.8. The highest BCUT2D eigenvalue weighted by Crippen LogP contribution is 2.40. The molecule has 3 aromatic carbocycles. The van der Waals surface area contributed by atoms with Gasteiger partial charge in [-0.1, -0.05) is 62.4 Å². The summed E-state index contributed by atoms with van der Waals surface area (Å²) in [5.41, 5.74) is 5.06. The minimum atomic E-state index is 0.0622. The zero-order valence-electron chi connectivity index (χ0n) is 25.0. The number of ether oxygens (including phenoxy) is 5. The molecule has 0 amide bonds. The van der Waals surface area contributed by atoms with Crippen molar-refractivity contribution in [2.24, 2.45) is 0 Å². The molecule has 0 aliphatic rings. The highest BCUT2D eigenvalue weighted by molar-refractivity contribution is 5.77. The Kier molecular flexibility index (Phi) is 11.4. The number of hydrogen-bond acceptors (Lipinski definition) is 6. The minimum absolute atomic E-state index is 0.0622. The van der Waals surface area contributed by atoms with Gasteiger partial charge in [-0.15, -0.1) is 0 Å². The van der Waals surface area contributed by atoms with Crippen LogP contribution in [-0.2, 0) is 0 Å². The predicted octanol–water partition coefficient (Wildman–Crippen LogP) is 8.45. The van der Waals surface area contributed by atoms with Gasteiger partial charge in [0.05, 0.1) is 39.2 Å². The summed E-state index contributed by atoms with van der Waals surface area (Å²) in [4.78, 5) is 0. The third kappa shape index (κ3) is 7.98. The predicted molar refractivity (Wildman–Crippen MR) is 167 cm³/mol. The SMILES string of the molecule is CCC(C)Oc1c(NC)cc(/C=C/c2ccc(/C=C/c3cc(OC)c(OC(C)CC)c(OC)c3)cc2)cc1OC. The maximum absolute atomic E-state index is 6.11. The minimum Gasteiger partial charge on any atom is -0.493 e. The van der Waals surface area contributed by atoms with Crippen molar-refractivity contribution in [2.75, 3.05) is 33.7 Å². The fourth-order valence-electron chi connectivity index (χ4n) is 3.96. The van der Waals surface area contributed by atoms with Gasteiger partial charge in [-0.2, -0.15) is 0 Å². The molecule has 0 heterocycles. The van der Waals surface area contributed by atoms with Gasteiger partial charge in [-0.25, -0.2) is 0 Å². The van der Waals surface area contributed by atoms with Crippen LogP contribution < -0.4 is 29.0 Å². The lowest BCUT2D eigenvalue weighted by molar-refractivity contribution is 0.198. The van der Waals surface area contributed by atoms with Gasteiger partial charge in [0.2, 0.25) is 5.75 Å². The smallest absolute Gasteiger partial charge is 0.203 e. The van der Waals surface area contributed by atoms with Gasteiger partial charge >= 0.3 is 0 Å². The van der Waals surface area contributed by atoms with Crippen LogP contribution in [-0.4, -0.2) is 40.6 Å². The second-order valence-electron chi connectivity index (χ2n) is 9.61. The van der Waals surface area contributed by atoms with E-state index in [4.69, 9.17) is 23.7 Å². The summed E-state index contributed by atoms with van der Waals surface area (Å²) in [6.07, 6.45) is 10.2. The van der Waals surface area contributed by atoms with Crippen LogP contribution in [0.2, 0.25) is 0 Å². The maximum atomic E-state index is 6.11. The van der Waals surface area contributed by atoms with Crippen LogP contribution in [0.3, 0.4) is 0 Å². The van der Waals surface area contributed by atoms with E-state index < -0.39 is 0 Å². The van der Waals surface area contributed by atoms with Crippen LogP contribution >= 0.6 is 0 Å². The summed E-state index contributed by atoms with van der Waals surface area (Å²) in [6, 6.07) is 16.3. The van der Waals surface area contributed by atoms with Crippen LogP contribution in [0.1, 0.15) is 62.8 Å². The Morgan fingerprint density at radius 1 is 0.600 bits per heavy atom. The monoisotopic (exact) mass is 545 g/mol. The standard InChI is InChI=1S/C34H43NO5/c1-9-23(3)39-33-29(35-5)19-27(20-30(33)36-6)17-15-25-11-13-26(14-12-25)16-18-28-21-31(37-7)34(32(22-28)38-8)40-24(4)10-2/h11-24,35H,9-10H2,1-8H3/b17-15+,18-16+. The molecule has 40 heavy (non-hydrogen) atoms. The number of hydrogen-bond donors (Lipinski definition) is 1. The van der Waals surface area contributed by atoms with Gasteiger partial charge in [-0.3, -0.25) is 0 Å². The first-order valence-electron chi connectivity index (χ1n) is 13.8. The van der Waals surface area contributed by atoms with E-state index >= 15 is 0 Å². The summed E-state index contributed by atoms with van der Waals surface area (Å²) in [7, 11) is 6.84. The molecule has 3 rings (SSSR count). The molecular formula is C34H43NO5. The Balaban J connectivity index is 1.77. The fraction of sp³-hybridized carbons (Fsp3) is 0.353. The fourth-order valence-corrected chi connectivity index (χ4v) is 3.96. The van der Waals surface area contributed by atoms with Crippen molar-refractivity contribution in [3.8, 4) is 28.7 Å². The first-order chi connectivity index (χ1) is 19.3. The zero-order chi connectivity index (χ0) is 29.1. The molecule has 3 aromatic rings. The third-order valence-corrected chi connectivity index (χ3v) is 6.71. The lowest BCUT2D eigenvalue weighted by Gasteiger charge is -2.19. The highest BCUT2D eigenvalue weighted by atomic mass is 16.5. The van der Waals surface area contributed by atoms with Crippen LogP contribution in [0.5, 0.6) is 28.7 Å². The second kappa shape index (κ2) is 14.9. The first-order valence-corrected chi connectivity index (χ1v) is 13.8. The molecule has 0 saturated carbocycles. The lowest BCUT2D eigenvalue weighted by atomic mass is 10.1. The second-order valence-corrected chi connectivity index (χ2v) is 9.61. The molecule has 6 heteroatoms. The van der Waals surface area contributed by atoms with E-state index in [-0.39, 0.29) is 12.2 Å². The van der Waals surface area contributed by atoms with E-state index in [9.17, 15) is 0 Å². The number of rotatable bonds is 14. The Morgan fingerprint density at radius 3 is 1.38 bits per heavy atom. The summed E-state index contributed by atoms with van der Waals surface area (Å²) >= 11 is 0. The molecule has 6 nitrogen and oxygen atoms in total. The van der Waals surface area contributed by atoms with E-state index in [2.05, 4.69) is 74.6 Å². The number of nitrogens with one attached hydrogen (secondary N) is 1. The quantitative estimate of drug-likeness (QED) is 0.205. The third-order valence-electron chi connectivity index (χ3n) is 6.71. The molecule has 1 N–H and O–H groups in total. The Hall–Kier alpha value is -4.06. The van der Waals surface area contributed by atoms with Crippen molar-refractivity contribution in [3.63, 3.8) is 0 Å². The van der Waals surface area contributed by atoms with E-state index in [1.54, 1.807) is 21.3 Å². The van der Waals surface area contributed by atoms with Gasteiger partial charge in [-0.05, 0) is 73.2 Å². The average molecular weight is 546 g/mol. The Bertz CT molecular complexity index is 1150. The van der Waals surface area contributed by atoms with Crippen LogP contribution in [0.15, 0.2) is 48.5 Å². The van der Waals surface area contributed by atoms with Gasteiger partial charge in [0.25, 0.3) is 0 Å². The summed E-state index contributed by atoms with van der Waals surface area (Å²) in [5, 5.41) is 3.23. The molecule has 0 bridgehead atoms. The Labute approximate surface area is 239 Å². The number of methoxy groups -OCH3 is 3. The topological polar surface area (TPSA) is 58.2 Å². The lowest BCUT2D eigenvalue weighted by Crippen LogP contribution is -2.12. The summed E-state index contributed by atoms with van der Waals surface area (Å²) < 4.78 is 29.0. The molecule has 0 radical (unpaired) electrons. The van der Waals surface area contributed by atoms with Gasteiger partial charge in [0.15, 0.2) is 23.0 Å². The number of benzene rings is 3. The van der Waals surface area contributed by atoms with E-state index in [0.717, 1.165) is 46.5 Å². The maximum Gasteiger partial charge on any atom is 0.203 e. The van der Waals surface area contributed by atoms with Crippen molar-refractivity contribution in [3.05, 3.63) is 70.8 Å². The van der Waals surface area contributed by atoms with Gasteiger partial charge < -0.3 is 29.0 Å².